The number of carboxylic acid groups (broad SMARTS) is 1. The fourth-order valence-electron chi connectivity index (χ4n) is 3.16. The lowest BCUT2D eigenvalue weighted by Gasteiger charge is -2.17. The highest BCUT2D eigenvalue weighted by Gasteiger charge is 2.34. The van der Waals surface area contributed by atoms with Gasteiger partial charge in [-0.3, -0.25) is 9.69 Å². The maximum Gasteiger partial charge on any atom is 0.267 e. The van der Waals surface area contributed by atoms with Crippen molar-refractivity contribution in [1.82, 2.24) is 4.90 Å². The molecule has 1 aliphatic heterocycles. The van der Waals surface area contributed by atoms with Crippen molar-refractivity contribution >= 4 is 40.6 Å². The number of carbonyl (C=O) groups excluding carboxylic acids is 2. The lowest BCUT2D eigenvalue weighted by atomic mass is 10.1. The van der Waals surface area contributed by atoms with Gasteiger partial charge in [0.25, 0.3) is 5.91 Å². The summed E-state index contributed by atoms with van der Waals surface area (Å²) in [6.45, 7) is 1.62. The van der Waals surface area contributed by atoms with Gasteiger partial charge >= 0.3 is 0 Å². The molecule has 0 spiro atoms. The Morgan fingerprint density at radius 1 is 1.18 bits per heavy atom. The Hall–Kier alpha value is -3.98. The summed E-state index contributed by atoms with van der Waals surface area (Å²) >= 11 is 1.26. The number of rotatable bonds is 8. The van der Waals surface area contributed by atoms with Gasteiger partial charge < -0.3 is 23.8 Å². The molecule has 34 heavy (non-hydrogen) atoms. The second-order valence-electron chi connectivity index (χ2n) is 7.30. The van der Waals surface area contributed by atoms with Crippen LogP contribution in [0.5, 0.6) is 11.5 Å². The van der Waals surface area contributed by atoms with Crippen molar-refractivity contribution in [3.05, 3.63) is 83.2 Å². The number of para-hydroxylation sites is 1. The highest BCUT2D eigenvalue weighted by atomic mass is 32.2. The number of nitrogens with zero attached hydrogens (tertiary/aromatic N) is 2. The van der Waals surface area contributed by atoms with Gasteiger partial charge in [0, 0.05) is 0 Å². The van der Waals surface area contributed by atoms with E-state index in [0.717, 1.165) is 5.69 Å². The molecular formula is C25H21N2O6S-. The van der Waals surface area contributed by atoms with Crippen molar-refractivity contribution in [1.29, 1.82) is 0 Å². The predicted octanol–water partition coefficient (Wildman–Crippen LogP) is 3.61. The SMILES string of the molecule is COc1cc(/C=C2\SC(=Nc3ccccc3)N(Cc3ccco3)C2=O)ccc1O[C@H](C)C(=O)[O-]. The lowest BCUT2D eigenvalue weighted by Crippen LogP contribution is -2.37. The van der Waals surface area contributed by atoms with Gasteiger partial charge in [-0.1, -0.05) is 24.3 Å². The number of benzene rings is 2. The molecule has 1 atom stereocenters. The summed E-state index contributed by atoms with van der Waals surface area (Å²) in [4.78, 5) is 31.0. The maximum absolute atomic E-state index is 13.3. The van der Waals surface area contributed by atoms with Crippen LogP contribution in [0.15, 0.2) is 81.2 Å². The number of amidine groups is 1. The van der Waals surface area contributed by atoms with Crippen LogP contribution in [0.3, 0.4) is 0 Å². The number of methoxy groups -OCH3 is 1. The number of thioether (sulfide) groups is 1. The Labute approximate surface area is 200 Å². The molecule has 1 fully saturated rings. The van der Waals surface area contributed by atoms with Gasteiger partial charge in [-0.2, -0.15) is 0 Å². The first kappa shape index (κ1) is 23.2. The van der Waals surface area contributed by atoms with E-state index in [-0.39, 0.29) is 18.2 Å². The van der Waals surface area contributed by atoms with E-state index in [9.17, 15) is 14.7 Å². The summed E-state index contributed by atoms with van der Waals surface area (Å²) in [5.41, 5.74) is 1.41. The van der Waals surface area contributed by atoms with Gasteiger partial charge in [-0.05, 0) is 66.7 Å². The van der Waals surface area contributed by atoms with Crippen molar-refractivity contribution in [3.63, 3.8) is 0 Å². The van der Waals surface area contributed by atoms with Crippen molar-refractivity contribution in [2.24, 2.45) is 4.99 Å². The second kappa shape index (κ2) is 10.3. The van der Waals surface area contributed by atoms with Crippen LogP contribution in [0.25, 0.3) is 6.08 Å². The standard InChI is InChI=1S/C25H22N2O6S/c1-16(24(29)30)33-20-11-10-17(13-21(20)31-2)14-22-23(28)27(15-19-9-6-12-32-19)25(34-22)26-18-7-4-3-5-8-18/h3-14,16H,15H2,1-2H3,(H,29,30)/p-1/b22-14-,26-25?/t16-/m1/s1. The molecule has 1 aromatic heterocycles. The molecule has 9 heteroatoms. The molecule has 2 aromatic carbocycles. The number of carboxylic acids is 1. The van der Waals surface area contributed by atoms with Gasteiger partial charge in [0.2, 0.25) is 0 Å². The molecule has 0 bridgehead atoms. The summed E-state index contributed by atoms with van der Waals surface area (Å²) in [6.07, 6.45) is 2.15. The molecule has 0 aliphatic carbocycles. The monoisotopic (exact) mass is 477 g/mol. The number of aliphatic carboxylic acids is 1. The minimum Gasteiger partial charge on any atom is -0.546 e. The summed E-state index contributed by atoms with van der Waals surface area (Å²) in [5.74, 6) is -0.300. The number of aliphatic imine (C=N–C) groups is 1. The lowest BCUT2D eigenvalue weighted by molar-refractivity contribution is -0.312. The Morgan fingerprint density at radius 3 is 2.65 bits per heavy atom. The number of furan rings is 1. The van der Waals surface area contributed by atoms with Crippen LogP contribution in [-0.2, 0) is 16.1 Å². The second-order valence-corrected chi connectivity index (χ2v) is 8.31. The fourth-order valence-corrected chi connectivity index (χ4v) is 4.16. The zero-order valence-electron chi connectivity index (χ0n) is 18.5. The number of amides is 1. The zero-order chi connectivity index (χ0) is 24.1. The summed E-state index contributed by atoms with van der Waals surface area (Å²) < 4.78 is 16.2. The minimum absolute atomic E-state index is 0.207. The molecule has 0 saturated carbocycles. The third kappa shape index (κ3) is 5.32. The highest BCUT2D eigenvalue weighted by molar-refractivity contribution is 8.18. The van der Waals surface area contributed by atoms with E-state index in [1.54, 1.807) is 47.6 Å². The molecule has 1 aliphatic rings. The molecule has 174 valence electrons. The minimum atomic E-state index is -1.33. The molecule has 0 N–H and O–H groups in total. The molecule has 2 heterocycles. The summed E-state index contributed by atoms with van der Waals surface area (Å²) in [7, 11) is 1.45. The molecule has 0 radical (unpaired) electrons. The van der Waals surface area contributed by atoms with Crippen molar-refractivity contribution in [2.45, 2.75) is 19.6 Å². The Balaban J connectivity index is 1.64. The zero-order valence-corrected chi connectivity index (χ0v) is 19.3. The van der Waals surface area contributed by atoms with Crippen LogP contribution < -0.4 is 14.6 Å². The third-order valence-corrected chi connectivity index (χ3v) is 5.89. The van der Waals surface area contributed by atoms with E-state index >= 15 is 0 Å². The van der Waals surface area contributed by atoms with Crippen molar-refractivity contribution in [2.75, 3.05) is 7.11 Å². The molecule has 8 nitrogen and oxygen atoms in total. The topological polar surface area (TPSA) is 104 Å². The fraction of sp³-hybridized carbons (Fsp3) is 0.160. The first-order chi connectivity index (χ1) is 16.4. The molecular weight excluding hydrogens is 456 g/mol. The number of hydrogen-bond acceptors (Lipinski definition) is 8. The van der Waals surface area contributed by atoms with Gasteiger partial charge in [0.05, 0.1) is 36.5 Å². The quantitative estimate of drug-likeness (QED) is 0.457. The van der Waals surface area contributed by atoms with Gasteiger partial charge in [-0.15, -0.1) is 0 Å². The average molecular weight is 478 g/mol. The van der Waals surface area contributed by atoms with Crippen LogP contribution in [0, 0.1) is 0 Å². The maximum atomic E-state index is 13.3. The van der Waals surface area contributed by atoms with Crippen LogP contribution in [0.4, 0.5) is 5.69 Å². The van der Waals surface area contributed by atoms with E-state index in [4.69, 9.17) is 13.9 Å². The Bertz CT molecular complexity index is 1240. The molecule has 1 amide bonds. The first-order valence-electron chi connectivity index (χ1n) is 10.4. The van der Waals surface area contributed by atoms with E-state index in [1.165, 1.54) is 25.8 Å². The third-order valence-electron chi connectivity index (χ3n) is 4.88. The molecule has 3 aromatic rings. The van der Waals surface area contributed by atoms with Crippen LogP contribution in [-0.4, -0.2) is 35.2 Å². The van der Waals surface area contributed by atoms with Crippen molar-refractivity contribution < 1.29 is 28.6 Å². The van der Waals surface area contributed by atoms with Gasteiger partial charge in [0.15, 0.2) is 16.7 Å². The van der Waals surface area contributed by atoms with Crippen molar-refractivity contribution in [3.8, 4) is 11.5 Å². The largest absolute Gasteiger partial charge is 0.546 e. The predicted molar refractivity (Wildman–Crippen MR) is 126 cm³/mol. The van der Waals surface area contributed by atoms with Crippen LogP contribution in [0.2, 0.25) is 0 Å². The average Bonchev–Trinajstić information content (AvgIpc) is 3.45. The smallest absolute Gasteiger partial charge is 0.267 e. The van der Waals surface area contributed by atoms with Crippen LogP contribution in [0.1, 0.15) is 18.2 Å². The normalized spacial score (nSPS) is 16.8. The Morgan fingerprint density at radius 2 is 1.97 bits per heavy atom. The number of carbonyl (C=O) groups is 2. The summed E-state index contributed by atoms with van der Waals surface area (Å²) in [5, 5.41) is 11.5. The molecule has 0 unspecified atom stereocenters. The molecule has 1 saturated heterocycles. The van der Waals surface area contributed by atoms with Crippen LogP contribution >= 0.6 is 11.8 Å². The van der Waals surface area contributed by atoms with Gasteiger partial charge in [0.1, 0.15) is 11.9 Å². The summed E-state index contributed by atoms with van der Waals surface area (Å²) in [6, 6.07) is 17.9. The Kier molecular flexibility index (Phi) is 7.03. The molecule has 4 rings (SSSR count). The van der Waals surface area contributed by atoms with E-state index in [0.29, 0.717) is 27.1 Å². The number of hydrogen-bond donors (Lipinski definition) is 0. The number of ether oxygens (including phenoxy) is 2. The van der Waals surface area contributed by atoms with E-state index in [1.807, 2.05) is 30.3 Å². The van der Waals surface area contributed by atoms with Gasteiger partial charge in [-0.25, -0.2) is 4.99 Å². The highest BCUT2D eigenvalue weighted by Crippen LogP contribution is 2.36. The first-order valence-corrected chi connectivity index (χ1v) is 11.2. The van der Waals surface area contributed by atoms with E-state index in [2.05, 4.69) is 4.99 Å². The van der Waals surface area contributed by atoms with E-state index < -0.39 is 12.1 Å².